The van der Waals surface area contributed by atoms with Crippen LogP contribution in [0.1, 0.15) is 5.69 Å². The molecular weight excluding hydrogens is 221 g/mol. The fourth-order valence-electron chi connectivity index (χ4n) is 1.45. The van der Waals surface area contributed by atoms with Gasteiger partial charge in [-0.2, -0.15) is 4.98 Å². The molecule has 0 saturated carbocycles. The molecule has 6 heteroatoms. The first kappa shape index (κ1) is 11.3. The fourth-order valence-corrected chi connectivity index (χ4v) is 1.45. The summed E-state index contributed by atoms with van der Waals surface area (Å²) in [5.41, 5.74) is 6.25. The van der Waals surface area contributed by atoms with E-state index in [2.05, 4.69) is 15.0 Å². The molecule has 2 aromatic heterocycles. The van der Waals surface area contributed by atoms with Gasteiger partial charge in [0.1, 0.15) is 0 Å². The van der Waals surface area contributed by atoms with Gasteiger partial charge in [0.05, 0.1) is 18.4 Å². The zero-order chi connectivity index (χ0) is 12.3. The van der Waals surface area contributed by atoms with Crippen LogP contribution in [0, 0.1) is 5.82 Å². The van der Waals surface area contributed by atoms with Gasteiger partial charge in [-0.25, -0.2) is 9.37 Å². The SMILES string of the molecule is CN(Cc1ccccn1)c1nc(N)ncc1F. The topological polar surface area (TPSA) is 67.9 Å². The van der Waals surface area contributed by atoms with Gasteiger partial charge in [0.25, 0.3) is 0 Å². The highest BCUT2D eigenvalue weighted by Gasteiger charge is 2.11. The van der Waals surface area contributed by atoms with Crippen molar-refractivity contribution in [2.75, 3.05) is 17.7 Å². The van der Waals surface area contributed by atoms with Crippen molar-refractivity contribution >= 4 is 11.8 Å². The first-order chi connectivity index (χ1) is 8.16. The van der Waals surface area contributed by atoms with E-state index >= 15 is 0 Å². The van der Waals surface area contributed by atoms with E-state index in [0.717, 1.165) is 11.9 Å². The third-order valence-electron chi connectivity index (χ3n) is 2.23. The van der Waals surface area contributed by atoms with E-state index < -0.39 is 5.82 Å². The van der Waals surface area contributed by atoms with Crippen LogP contribution >= 0.6 is 0 Å². The van der Waals surface area contributed by atoms with E-state index in [9.17, 15) is 4.39 Å². The van der Waals surface area contributed by atoms with Gasteiger partial charge in [-0.3, -0.25) is 4.98 Å². The maximum Gasteiger partial charge on any atom is 0.222 e. The highest BCUT2D eigenvalue weighted by atomic mass is 19.1. The second-order valence-electron chi connectivity index (χ2n) is 3.58. The van der Waals surface area contributed by atoms with Crippen LogP contribution in [0.4, 0.5) is 16.2 Å². The molecule has 5 nitrogen and oxygen atoms in total. The largest absolute Gasteiger partial charge is 0.368 e. The molecule has 0 saturated heterocycles. The third-order valence-corrected chi connectivity index (χ3v) is 2.23. The molecule has 0 aliphatic carbocycles. The van der Waals surface area contributed by atoms with Crippen LogP contribution in [0.2, 0.25) is 0 Å². The molecule has 88 valence electrons. The maximum absolute atomic E-state index is 13.5. The summed E-state index contributed by atoms with van der Waals surface area (Å²) in [6.45, 7) is 0.453. The number of rotatable bonds is 3. The van der Waals surface area contributed by atoms with Gasteiger partial charge in [-0.1, -0.05) is 6.07 Å². The molecule has 0 aliphatic heterocycles. The van der Waals surface area contributed by atoms with Crippen molar-refractivity contribution in [3.8, 4) is 0 Å². The fraction of sp³-hybridized carbons (Fsp3) is 0.182. The lowest BCUT2D eigenvalue weighted by Crippen LogP contribution is -2.20. The smallest absolute Gasteiger partial charge is 0.222 e. The summed E-state index contributed by atoms with van der Waals surface area (Å²) < 4.78 is 13.5. The van der Waals surface area contributed by atoms with Crippen molar-refractivity contribution in [1.29, 1.82) is 0 Å². The highest BCUT2D eigenvalue weighted by Crippen LogP contribution is 2.16. The molecule has 2 N–H and O–H groups in total. The Morgan fingerprint density at radius 1 is 1.35 bits per heavy atom. The molecule has 2 aromatic rings. The van der Waals surface area contributed by atoms with Gasteiger partial charge in [-0.05, 0) is 12.1 Å². The number of anilines is 2. The average molecular weight is 233 g/mol. The van der Waals surface area contributed by atoms with Gasteiger partial charge < -0.3 is 10.6 Å². The highest BCUT2D eigenvalue weighted by molar-refractivity contribution is 5.41. The predicted octanol–water partition coefficient (Wildman–Crippen LogP) is 1.23. The van der Waals surface area contributed by atoms with Crippen molar-refractivity contribution < 1.29 is 4.39 Å². The predicted molar refractivity (Wildman–Crippen MR) is 62.7 cm³/mol. The van der Waals surface area contributed by atoms with Gasteiger partial charge in [0.15, 0.2) is 11.6 Å². The van der Waals surface area contributed by atoms with Crippen molar-refractivity contribution in [1.82, 2.24) is 15.0 Å². The molecule has 0 atom stereocenters. The van der Waals surface area contributed by atoms with Crippen molar-refractivity contribution in [2.45, 2.75) is 6.54 Å². The monoisotopic (exact) mass is 233 g/mol. The number of hydrogen-bond donors (Lipinski definition) is 1. The number of halogens is 1. The number of nitrogens with two attached hydrogens (primary N) is 1. The molecule has 0 spiro atoms. The molecule has 0 aliphatic rings. The third kappa shape index (κ3) is 2.66. The molecule has 0 aromatic carbocycles. The Morgan fingerprint density at radius 2 is 2.18 bits per heavy atom. The number of aromatic nitrogens is 3. The Hall–Kier alpha value is -2.24. The summed E-state index contributed by atoms with van der Waals surface area (Å²) in [7, 11) is 1.72. The van der Waals surface area contributed by atoms with Crippen LogP contribution in [0.25, 0.3) is 0 Å². The minimum atomic E-state index is -0.502. The molecule has 17 heavy (non-hydrogen) atoms. The first-order valence-electron chi connectivity index (χ1n) is 5.06. The summed E-state index contributed by atoms with van der Waals surface area (Å²) in [5.74, 6) is -0.282. The van der Waals surface area contributed by atoms with Crippen LogP contribution in [-0.2, 0) is 6.54 Å². The van der Waals surface area contributed by atoms with Gasteiger partial charge in [0.2, 0.25) is 5.95 Å². The lowest BCUT2D eigenvalue weighted by molar-refractivity contribution is 0.607. The molecule has 0 amide bonds. The Bertz CT molecular complexity index is 502. The standard InChI is InChI=1S/C11H12FN5/c1-17(7-8-4-2-3-5-14-8)10-9(12)6-15-11(13)16-10/h2-6H,7H2,1H3,(H2,13,15,16). The normalized spacial score (nSPS) is 10.2. The van der Waals surface area contributed by atoms with E-state index in [1.54, 1.807) is 18.1 Å². The summed E-state index contributed by atoms with van der Waals surface area (Å²) in [4.78, 5) is 13.2. The summed E-state index contributed by atoms with van der Waals surface area (Å²) in [6, 6.07) is 5.56. The molecule has 0 fully saturated rings. The van der Waals surface area contributed by atoms with E-state index in [-0.39, 0.29) is 11.8 Å². The summed E-state index contributed by atoms with van der Waals surface area (Å²) in [5, 5.41) is 0. The van der Waals surface area contributed by atoms with Gasteiger partial charge in [-0.15, -0.1) is 0 Å². The lowest BCUT2D eigenvalue weighted by Gasteiger charge is -2.17. The number of nitrogens with zero attached hydrogens (tertiary/aromatic N) is 4. The number of nitrogen functional groups attached to an aromatic ring is 1. The van der Waals surface area contributed by atoms with Crippen LogP contribution < -0.4 is 10.6 Å². The van der Waals surface area contributed by atoms with Gasteiger partial charge in [0, 0.05) is 13.2 Å². The maximum atomic E-state index is 13.5. The van der Waals surface area contributed by atoms with Crippen LogP contribution in [0.5, 0.6) is 0 Å². The molecule has 2 heterocycles. The lowest BCUT2D eigenvalue weighted by atomic mass is 10.3. The summed E-state index contributed by atoms with van der Waals surface area (Å²) in [6.07, 6.45) is 2.75. The van der Waals surface area contributed by atoms with Crippen LogP contribution in [-0.4, -0.2) is 22.0 Å². The minimum absolute atomic E-state index is 0.0503. The average Bonchev–Trinajstić information content (AvgIpc) is 2.33. The number of hydrogen-bond acceptors (Lipinski definition) is 5. The zero-order valence-corrected chi connectivity index (χ0v) is 9.34. The Kier molecular flexibility index (Phi) is 3.13. The molecule has 0 unspecified atom stereocenters. The first-order valence-corrected chi connectivity index (χ1v) is 5.06. The van der Waals surface area contributed by atoms with E-state index in [4.69, 9.17) is 5.73 Å². The Balaban J connectivity index is 2.20. The van der Waals surface area contributed by atoms with Crippen LogP contribution in [0.15, 0.2) is 30.6 Å². The Labute approximate surface area is 98.1 Å². The van der Waals surface area contributed by atoms with Crippen molar-refractivity contribution in [2.24, 2.45) is 0 Å². The van der Waals surface area contributed by atoms with E-state index in [0.29, 0.717) is 6.54 Å². The quantitative estimate of drug-likeness (QED) is 0.863. The molecule has 0 bridgehead atoms. The minimum Gasteiger partial charge on any atom is -0.368 e. The number of pyridine rings is 1. The van der Waals surface area contributed by atoms with E-state index in [1.807, 2.05) is 18.2 Å². The second kappa shape index (κ2) is 4.73. The summed E-state index contributed by atoms with van der Waals surface area (Å²) >= 11 is 0. The molecular formula is C11H12FN5. The van der Waals surface area contributed by atoms with Crippen LogP contribution in [0.3, 0.4) is 0 Å². The van der Waals surface area contributed by atoms with Crippen molar-refractivity contribution in [3.05, 3.63) is 42.1 Å². The zero-order valence-electron chi connectivity index (χ0n) is 9.34. The second-order valence-corrected chi connectivity index (χ2v) is 3.58. The van der Waals surface area contributed by atoms with E-state index in [1.165, 1.54) is 0 Å². The van der Waals surface area contributed by atoms with Gasteiger partial charge >= 0.3 is 0 Å². The molecule has 0 radical (unpaired) electrons. The molecule has 2 rings (SSSR count). The Morgan fingerprint density at radius 3 is 2.88 bits per heavy atom. The van der Waals surface area contributed by atoms with Crippen molar-refractivity contribution in [3.63, 3.8) is 0 Å².